The molecule has 2 nitrogen and oxygen atoms in total. The van der Waals surface area contributed by atoms with Crippen LogP contribution in [-0.4, -0.2) is 15.2 Å². The Kier molecular flexibility index (Phi) is 7.17. The van der Waals surface area contributed by atoms with Gasteiger partial charge in [0.1, 0.15) is 5.75 Å². The van der Waals surface area contributed by atoms with Crippen LogP contribution in [-0.2, 0) is 10.8 Å². The van der Waals surface area contributed by atoms with Gasteiger partial charge in [-0.2, -0.15) is 0 Å². The minimum Gasteiger partial charge on any atom is -0.520 e. The molecule has 0 atom stereocenters. The van der Waals surface area contributed by atoms with Gasteiger partial charge in [-0.3, -0.25) is 0 Å². The van der Waals surface area contributed by atoms with Crippen molar-refractivity contribution in [1.29, 1.82) is 0 Å². The lowest BCUT2D eigenvalue weighted by molar-refractivity contribution is 0.241. The zero-order valence-electron chi connectivity index (χ0n) is 12.9. The summed E-state index contributed by atoms with van der Waals surface area (Å²) in [5.74, 6) is 0.933. The number of rotatable bonds is 9. The Morgan fingerprint density at radius 2 is 1.63 bits per heavy atom. The zero-order chi connectivity index (χ0) is 14.1. The van der Waals surface area contributed by atoms with Gasteiger partial charge in [0, 0.05) is 6.61 Å². The molecule has 0 spiro atoms. The molecule has 0 unspecified atom stereocenters. The maximum Gasteiger partial charge on any atom is 0.392 e. The maximum atomic E-state index is 6.02. The van der Waals surface area contributed by atoms with Gasteiger partial charge < -0.3 is 8.85 Å². The third-order valence-corrected chi connectivity index (χ3v) is 4.77. The standard InChI is InChI=1S/C16H28O2Si/c1-5-7-8-9-14-17-19(3,4)18-16-12-10-15(6-2)11-13-16/h10-13H,5-9,14H2,1-4H3. The fourth-order valence-corrected chi connectivity index (χ4v) is 3.35. The van der Waals surface area contributed by atoms with Crippen LogP contribution in [0.15, 0.2) is 24.3 Å². The zero-order valence-corrected chi connectivity index (χ0v) is 13.9. The smallest absolute Gasteiger partial charge is 0.392 e. The molecule has 108 valence electrons. The van der Waals surface area contributed by atoms with Crippen molar-refractivity contribution in [3.05, 3.63) is 29.8 Å². The van der Waals surface area contributed by atoms with Crippen molar-refractivity contribution in [3.63, 3.8) is 0 Å². The van der Waals surface area contributed by atoms with Crippen molar-refractivity contribution < 1.29 is 8.85 Å². The molecule has 1 aromatic rings. The van der Waals surface area contributed by atoms with Gasteiger partial charge in [-0.1, -0.05) is 45.2 Å². The fourth-order valence-electron chi connectivity index (χ4n) is 1.95. The van der Waals surface area contributed by atoms with Crippen LogP contribution in [0.4, 0.5) is 0 Å². The Labute approximate surface area is 119 Å². The summed E-state index contributed by atoms with van der Waals surface area (Å²) in [5, 5.41) is 0. The average molecular weight is 280 g/mol. The monoisotopic (exact) mass is 280 g/mol. The Hall–Kier alpha value is -0.803. The predicted molar refractivity (Wildman–Crippen MR) is 84.0 cm³/mol. The number of unbranched alkanes of at least 4 members (excludes halogenated alkanes) is 3. The van der Waals surface area contributed by atoms with Crippen molar-refractivity contribution in [2.75, 3.05) is 6.61 Å². The molecule has 1 rings (SSSR count). The van der Waals surface area contributed by atoms with Crippen LogP contribution < -0.4 is 4.43 Å². The number of hydrogen-bond donors (Lipinski definition) is 0. The Morgan fingerprint density at radius 1 is 0.947 bits per heavy atom. The van der Waals surface area contributed by atoms with E-state index in [2.05, 4.69) is 39.1 Å². The van der Waals surface area contributed by atoms with Crippen molar-refractivity contribution in [2.45, 2.75) is 59.0 Å². The second-order valence-corrected chi connectivity index (χ2v) is 8.70. The highest BCUT2D eigenvalue weighted by Gasteiger charge is 2.26. The molecule has 0 saturated carbocycles. The van der Waals surface area contributed by atoms with E-state index in [9.17, 15) is 0 Å². The molecule has 0 fully saturated rings. The topological polar surface area (TPSA) is 18.5 Å². The molecule has 0 N–H and O–H groups in total. The molecular formula is C16H28O2Si. The Bertz CT molecular complexity index is 346. The molecule has 0 saturated heterocycles. The van der Waals surface area contributed by atoms with E-state index in [0.717, 1.165) is 25.2 Å². The first-order valence-corrected chi connectivity index (χ1v) is 10.3. The second-order valence-electron chi connectivity index (χ2n) is 5.41. The molecule has 19 heavy (non-hydrogen) atoms. The van der Waals surface area contributed by atoms with E-state index in [-0.39, 0.29) is 0 Å². The summed E-state index contributed by atoms with van der Waals surface area (Å²) >= 11 is 0. The van der Waals surface area contributed by atoms with Gasteiger partial charge in [-0.15, -0.1) is 0 Å². The summed E-state index contributed by atoms with van der Waals surface area (Å²) in [7, 11) is -2.03. The van der Waals surface area contributed by atoms with Crippen molar-refractivity contribution >= 4 is 8.56 Å². The van der Waals surface area contributed by atoms with Crippen LogP contribution in [0.5, 0.6) is 5.75 Å². The lowest BCUT2D eigenvalue weighted by Crippen LogP contribution is -2.38. The largest absolute Gasteiger partial charge is 0.520 e. The van der Waals surface area contributed by atoms with Gasteiger partial charge in [0.05, 0.1) is 0 Å². The van der Waals surface area contributed by atoms with Crippen LogP contribution in [0.2, 0.25) is 13.1 Å². The summed E-state index contributed by atoms with van der Waals surface area (Å²) in [6, 6.07) is 8.35. The van der Waals surface area contributed by atoms with Crippen LogP contribution in [0.1, 0.15) is 45.1 Å². The molecule has 3 heteroatoms. The summed E-state index contributed by atoms with van der Waals surface area (Å²) in [4.78, 5) is 0. The van der Waals surface area contributed by atoms with E-state index in [0.29, 0.717) is 0 Å². The van der Waals surface area contributed by atoms with Gasteiger partial charge in [-0.25, -0.2) is 0 Å². The highest BCUT2D eigenvalue weighted by molar-refractivity contribution is 6.65. The highest BCUT2D eigenvalue weighted by Crippen LogP contribution is 2.18. The van der Waals surface area contributed by atoms with E-state index in [1.54, 1.807) is 0 Å². The van der Waals surface area contributed by atoms with Crippen LogP contribution in [0, 0.1) is 0 Å². The number of aryl methyl sites for hydroxylation is 1. The fraction of sp³-hybridized carbons (Fsp3) is 0.625. The third kappa shape index (κ3) is 6.78. The molecule has 0 amide bonds. The molecule has 0 aliphatic carbocycles. The van der Waals surface area contributed by atoms with E-state index < -0.39 is 8.56 Å². The van der Waals surface area contributed by atoms with Crippen molar-refractivity contribution in [2.24, 2.45) is 0 Å². The van der Waals surface area contributed by atoms with Crippen molar-refractivity contribution in [3.8, 4) is 5.75 Å². The molecule has 0 radical (unpaired) electrons. The van der Waals surface area contributed by atoms with E-state index >= 15 is 0 Å². The predicted octanol–water partition coefficient (Wildman–Crippen LogP) is 4.93. The van der Waals surface area contributed by atoms with Crippen LogP contribution in [0.25, 0.3) is 0 Å². The van der Waals surface area contributed by atoms with Gasteiger partial charge in [0.2, 0.25) is 0 Å². The summed E-state index contributed by atoms with van der Waals surface area (Å²) in [6.07, 6.45) is 6.02. The van der Waals surface area contributed by atoms with Crippen LogP contribution >= 0.6 is 0 Å². The normalized spacial score (nSPS) is 11.6. The van der Waals surface area contributed by atoms with E-state index in [4.69, 9.17) is 8.85 Å². The first kappa shape index (κ1) is 16.3. The lowest BCUT2D eigenvalue weighted by atomic mass is 10.2. The summed E-state index contributed by atoms with van der Waals surface area (Å²) in [5.41, 5.74) is 1.34. The minimum absolute atomic E-state index is 0.826. The minimum atomic E-state index is -2.03. The quantitative estimate of drug-likeness (QED) is 0.472. The van der Waals surface area contributed by atoms with Crippen LogP contribution in [0.3, 0.4) is 0 Å². The maximum absolute atomic E-state index is 6.02. The molecule has 1 aromatic carbocycles. The second kappa shape index (κ2) is 8.38. The highest BCUT2D eigenvalue weighted by atomic mass is 28.4. The Morgan fingerprint density at radius 3 is 2.21 bits per heavy atom. The average Bonchev–Trinajstić information content (AvgIpc) is 2.39. The van der Waals surface area contributed by atoms with E-state index in [1.165, 1.54) is 24.8 Å². The molecule has 0 aliphatic heterocycles. The first-order chi connectivity index (χ1) is 9.07. The molecular weight excluding hydrogens is 252 g/mol. The third-order valence-electron chi connectivity index (χ3n) is 3.14. The molecule has 0 aliphatic rings. The SMILES string of the molecule is CCCCCCO[Si](C)(C)Oc1ccc(CC)cc1. The summed E-state index contributed by atoms with van der Waals surface area (Å²) < 4.78 is 12.0. The van der Waals surface area contributed by atoms with Gasteiger partial charge >= 0.3 is 8.56 Å². The molecule has 0 heterocycles. The number of hydrogen-bond acceptors (Lipinski definition) is 2. The lowest BCUT2D eigenvalue weighted by Gasteiger charge is -2.24. The van der Waals surface area contributed by atoms with E-state index in [1.807, 2.05) is 12.1 Å². The molecule has 0 aromatic heterocycles. The van der Waals surface area contributed by atoms with Gasteiger partial charge in [0.15, 0.2) is 0 Å². The van der Waals surface area contributed by atoms with Gasteiger partial charge in [-0.05, 0) is 43.6 Å². The van der Waals surface area contributed by atoms with Crippen molar-refractivity contribution in [1.82, 2.24) is 0 Å². The summed E-state index contributed by atoms with van der Waals surface area (Å²) in [6.45, 7) is 9.43. The first-order valence-electron chi connectivity index (χ1n) is 7.49. The number of benzene rings is 1. The van der Waals surface area contributed by atoms with Gasteiger partial charge in [0.25, 0.3) is 0 Å². The molecule has 0 bridgehead atoms. The Balaban J connectivity index is 2.35.